The summed E-state index contributed by atoms with van der Waals surface area (Å²) < 4.78 is 6.37. The molecule has 1 heterocycles. The molecule has 0 radical (unpaired) electrons. The summed E-state index contributed by atoms with van der Waals surface area (Å²) in [6, 6.07) is 7.14. The van der Waals surface area contributed by atoms with Crippen LogP contribution >= 0.6 is 27.5 Å². The van der Waals surface area contributed by atoms with Crippen LogP contribution in [0, 0.1) is 6.92 Å². The van der Waals surface area contributed by atoms with E-state index in [-0.39, 0.29) is 5.91 Å². The summed E-state index contributed by atoms with van der Waals surface area (Å²) in [5, 5.41) is 3.45. The summed E-state index contributed by atoms with van der Waals surface area (Å²) in [4.78, 5) is 15.8. The molecule has 0 aliphatic rings. The number of nitrogens with zero attached hydrogens (tertiary/aromatic N) is 1. The lowest BCUT2D eigenvalue weighted by Crippen LogP contribution is -2.28. The van der Waals surface area contributed by atoms with Gasteiger partial charge in [-0.25, -0.2) is 0 Å². The van der Waals surface area contributed by atoms with E-state index in [0.29, 0.717) is 23.7 Å². The Hall–Kier alpha value is -1.59. The first kappa shape index (κ1) is 15.8. The molecule has 0 unspecified atom stereocenters. The van der Waals surface area contributed by atoms with Crippen LogP contribution < -0.4 is 10.1 Å². The van der Waals surface area contributed by atoms with Crippen LogP contribution in [-0.4, -0.2) is 24.0 Å². The summed E-state index contributed by atoms with van der Waals surface area (Å²) >= 11 is 9.16. The molecule has 0 atom stereocenters. The van der Waals surface area contributed by atoms with Gasteiger partial charge in [0, 0.05) is 21.9 Å². The van der Waals surface area contributed by atoms with Gasteiger partial charge in [0.05, 0.1) is 12.1 Å². The van der Waals surface area contributed by atoms with Crippen molar-refractivity contribution in [2.24, 2.45) is 0 Å². The van der Waals surface area contributed by atoms with Gasteiger partial charge in [-0.15, -0.1) is 0 Å². The number of rotatable bonds is 5. The minimum absolute atomic E-state index is 0.180. The maximum atomic E-state index is 11.9. The summed E-state index contributed by atoms with van der Waals surface area (Å²) in [5.41, 5.74) is 1.47. The van der Waals surface area contributed by atoms with Gasteiger partial charge in [-0.3, -0.25) is 9.78 Å². The molecule has 4 nitrogen and oxygen atoms in total. The van der Waals surface area contributed by atoms with E-state index in [1.54, 1.807) is 18.3 Å². The van der Waals surface area contributed by atoms with Crippen molar-refractivity contribution in [3.8, 4) is 5.75 Å². The second kappa shape index (κ2) is 7.43. The van der Waals surface area contributed by atoms with Gasteiger partial charge >= 0.3 is 0 Å². The SMILES string of the molecule is Cc1cc(Cl)ccc1OCCNC(=O)c1cncc(Br)c1. The monoisotopic (exact) mass is 368 g/mol. The summed E-state index contributed by atoms with van der Waals surface area (Å²) in [6.45, 7) is 2.72. The predicted octanol–water partition coefficient (Wildman–Crippen LogP) is 3.61. The highest BCUT2D eigenvalue weighted by atomic mass is 79.9. The Morgan fingerprint density at radius 3 is 2.90 bits per heavy atom. The Labute approximate surface area is 136 Å². The van der Waals surface area contributed by atoms with Crippen molar-refractivity contribution in [1.82, 2.24) is 10.3 Å². The fraction of sp³-hybridized carbons (Fsp3) is 0.200. The van der Waals surface area contributed by atoms with E-state index in [2.05, 4.69) is 26.2 Å². The minimum Gasteiger partial charge on any atom is -0.491 e. The smallest absolute Gasteiger partial charge is 0.253 e. The lowest BCUT2D eigenvalue weighted by molar-refractivity contribution is 0.0946. The molecular weight excluding hydrogens is 356 g/mol. The third-order valence-corrected chi connectivity index (χ3v) is 3.42. The molecule has 0 aliphatic heterocycles. The van der Waals surface area contributed by atoms with Crippen LogP contribution in [0.4, 0.5) is 0 Å². The molecule has 2 rings (SSSR count). The molecule has 0 bridgehead atoms. The molecule has 0 fully saturated rings. The molecule has 1 aromatic heterocycles. The van der Waals surface area contributed by atoms with Crippen molar-refractivity contribution in [2.75, 3.05) is 13.2 Å². The maximum absolute atomic E-state index is 11.9. The fourth-order valence-electron chi connectivity index (χ4n) is 1.74. The molecule has 0 saturated carbocycles. The normalized spacial score (nSPS) is 10.2. The topological polar surface area (TPSA) is 51.2 Å². The number of aromatic nitrogens is 1. The first-order chi connectivity index (χ1) is 10.1. The van der Waals surface area contributed by atoms with Crippen molar-refractivity contribution in [3.05, 3.63) is 57.3 Å². The number of hydrogen-bond acceptors (Lipinski definition) is 3. The van der Waals surface area contributed by atoms with Crippen LogP contribution in [0.2, 0.25) is 5.02 Å². The number of carbonyl (C=O) groups is 1. The average Bonchev–Trinajstić information content (AvgIpc) is 2.45. The molecule has 0 aliphatic carbocycles. The lowest BCUT2D eigenvalue weighted by Gasteiger charge is -2.10. The van der Waals surface area contributed by atoms with Crippen LogP contribution in [0.1, 0.15) is 15.9 Å². The van der Waals surface area contributed by atoms with Gasteiger partial charge in [0.15, 0.2) is 0 Å². The van der Waals surface area contributed by atoms with E-state index in [1.807, 2.05) is 19.1 Å². The number of nitrogens with one attached hydrogen (secondary N) is 1. The average molecular weight is 370 g/mol. The van der Waals surface area contributed by atoms with Gasteiger partial charge in [-0.1, -0.05) is 11.6 Å². The van der Waals surface area contributed by atoms with E-state index in [4.69, 9.17) is 16.3 Å². The van der Waals surface area contributed by atoms with Crippen molar-refractivity contribution in [2.45, 2.75) is 6.92 Å². The molecule has 2 aromatic rings. The summed E-state index contributed by atoms with van der Waals surface area (Å²) in [7, 11) is 0. The molecule has 0 saturated heterocycles. The van der Waals surface area contributed by atoms with E-state index in [1.165, 1.54) is 6.20 Å². The number of hydrogen-bond donors (Lipinski definition) is 1. The zero-order chi connectivity index (χ0) is 15.2. The number of benzene rings is 1. The number of carbonyl (C=O) groups excluding carboxylic acids is 1. The van der Waals surface area contributed by atoms with Gasteiger partial charge in [-0.05, 0) is 52.7 Å². The maximum Gasteiger partial charge on any atom is 0.253 e. The van der Waals surface area contributed by atoms with E-state index in [0.717, 1.165) is 15.8 Å². The molecule has 1 N–H and O–H groups in total. The van der Waals surface area contributed by atoms with Crippen molar-refractivity contribution >= 4 is 33.4 Å². The van der Waals surface area contributed by atoms with Crippen molar-refractivity contribution in [3.63, 3.8) is 0 Å². The Kier molecular flexibility index (Phi) is 5.59. The van der Waals surface area contributed by atoms with Crippen LogP contribution in [0.5, 0.6) is 5.75 Å². The number of aryl methyl sites for hydroxylation is 1. The van der Waals surface area contributed by atoms with E-state index >= 15 is 0 Å². The molecule has 21 heavy (non-hydrogen) atoms. The third-order valence-electron chi connectivity index (χ3n) is 2.75. The number of ether oxygens (including phenoxy) is 1. The molecule has 110 valence electrons. The fourth-order valence-corrected chi connectivity index (χ4v) is 2.33. The van der Waals surface area contributed by atoms with Gasteiger partial charge < -0.3 is 10.1 Å². The van der Waals surface area contributed by atoms with Crippen LogP contribution in [0.15, 0.2) is 41.1 Å². The van der Waals surface area contributed by atoms with Crippen LogP contribution in [-0.2, 0) is 0 Å². The highest BCUT2D eigenvalue weighted by molar-refractivity contribution is 9.10. The Morgan fingerprint density at radius 2 is 2.19 bits per heavy atom. The Morgan fingerprint density at radius 1 is 1.38 bits per heavy atom. The third kappa shape index (κ3) is 4.72. The largest absolute Gasteiger partial charge is 0.491 e. The van der Waals surface area contributed by atoms with Gasteiger partial charge in [-0.2, -0.15) is 0 Å². The lowest BCUT2D eigenvalue weighted by atomic mass is 10.2. The highest BCUT2D eigenvalue weighted by Gasteiger charge is 2.06. The Balaban J connectivity index is 1.80. The highest BCUT2D eigenvalue weighted by Crippen LogP contribution is 2.21. The first-order valence-electron chi connectivity index (χ1n) is 6.34. The van der Waals surface area contributed by atoms with Crippen molar-refractivity contribution in [1.29, 1.82) is 0 Å². The standard InChI is InChI=1S/C15H14BrClN2O2/c1-10-6-13(17)2-3-14(10)21-5-4-19-15(20)11-7-12(16)9-18-8-11/h2-3,6-9H,4-5H2,1H3,(H,19,20). The minimum atomic E-state index is -0.180. The number of amides is 1. The zero-order valence-electron chi connectivity index (χ0n) is 11.4. The van der Waals surface area contributed by atoms with Crippen LogP contribution in [0.25, 0.3) is 0 Å². The number of halogens is 2. The van der Waals surface area contributed by atoms with Crippen LogP contribution in [0.3, 0.4) is 0 Å². The van der Waals surface area contributed by atoms with E-state index < -0.39 is 0 Å². The predicted molar refractivity (Wildman–Crippen MR) is 86.0 cm³/mol. The molecule has 1 amide bonds. The Bertz CT molecular complexity index is 649. The first-order valence-corrected chi connectivity index (χ1v) is 7.51. The van der Waals surface area contributed by atoms with E-state index in [9.17, 15) is 4.79 Å². The zero-order valence-corrected chi connectivity index (χ0v) is 13.7. The second-order valence-electron chi connectivity index (χ2n) is 4.41. The number of pyridine rings is 1. The molecule has 0 spiro atoms. The van der Waals surface area contributed by atoms with Gasteiger partial charge in [0.2, 0.25) is 0 Å². The second-order valence-corrected chi connectivity index (χ2v) is 5.76. The summed E-state index contributed by atoms with van der Waals surface area (Å²) in [6.07, 6.45) is 3.15. The molecule has 6 heteroatoms. The van der Waals surface area contributed by atoms with Crippen molar-refractivity contribution < 1.29 is 9.53 Å². The molecule has 1 aromatic carbocycles. The van der Waals surface area contributed by atoms with Gasteiger partial charge in [0.1, 0.15) is 12.4 Å². The quantitative estimate of drug-likeness (QED) is 0.819. The molecular formula is C15H14BrClN2O2. The summed E-state index contributed by atoms with van der Waals surface area (Å²) in [5.74, 6) is 0.581. The van der Waals surface area contributed by atoms with Gasteiger partial charge in [0.25, 0.3) is 5.91 Å².